The first-order valence-electron chi connectivity index (χ1n) is 7.10. The number of anilines is 1. The van der Waals surface area contributed by atoms with Crippen molar-refractivity contribution in [3.63, 3.8) is 0 Å². The molecule has 6 nitrogen and oxygen atoms in total. The average Bonchev–Trinajstić information content (AvgIpc) is 2.90. The Morgan fingerprint density at radius 2 is 2.09 bits per heavy atom. The lowest BCUT2D eigenvalue weighted by Gasteiger charge is -2.20. The zero-order valence-electron chi connectivity index (χ0n) is 12.4. The molecule has 0 radical (unpaired) electrons. The Labute approximate surface area is 142 Å². The molecule has 23 heavy (non-hydrogen) atoms. The highest BCUT2D eigenvalue weighted by Gasteiger charge is 2.22. The summed E-state index contributed by atoms with van der Waals surface area (Å²) in [5.74, 6) is 0.355. The van der Waals surface area contributed by atoms with Crippen molar-refractivity contribution in [3.8, 4) is 0 Å². The molecule has 0 saturated heterocycles. The third-order valence-electron chi connectivity index (χ3n) is 3.47. The van der Waals surface area contributed by atoms with E-state index in [9.17, 15) is 0 Å². The first kappa shape index (κ1) is 15.6. The van der Waals surface area contributed by atoms with Crippen molar-refractivity contribution < 1.29 is 4.74 Å². The second kappa shape index (κ2) is 6.89. The van der Waals surface area contributed by atoms with Crippen LogP contribution in [0.2, 0.25) is 0 Å². The number of hydrogen-bond acceptors (Lipinski definition) is 5. The molecule has 1 unspecified atom stereocenters. The zero-order chi connectivity index (χ0) is 16.2. The second-order valence-electron chi connectivity index (χ2n) is 4.93. The van der Waals surface area contributed by atoms with Crippen molar-refractivity contribution in [1.29, 1.82) is 0 Å². The Morgan fingerprint density at radius 1 is 1.30 bits per heavy atom. The zero-order valence-corrected chi connectivity index (χ0v) is 14.0. The minimum absolute atomic E-state index is 0.0928. The standard InChI is InChI=1S/C16H16BrN5O/c1-2-8-23-9-12(11-6-4-3-5-7-11)22-15-13(21-16(22)17)14(18)19-10-20-15/h2-7,10,12H,1,8-9H2,(H2,18,19,20). The van der Waals surface area contributed by atoms with Crippen LogP contribution in [0, 0.1) is 0 Å². The third kappa shape index (κ3) is 3.11. The van der Waals surface area contributed by atoms with Gasteiger partial charge in [0.25, 0.3) is 0 Å². The van der Waals surface area contributed by atoms with E-state index in [0.717, 1.165) is 5.56 Å². The van der Waals surface area contributed by atoms with E-state index >= 15 is 0 Å². The Balaban J connectivity index is 2.11. The molecule has 1 atom stereocenters. The topological polar surface area (TPSA) is 78.9 Å². The van der Waals surface area contributed by atoms with Gasteiger partial charge >= 0.3 is 0 Å². The predicted molar refractivity (Wildman–Crippen MR) is 93.0 cm³/mol. The first-order chi connectivity index (χ1) is 11.2. The lowest BCUT2D eigenvalue weighted by atomic mass is 10.1. The minimum atomic E-state index is -0.0928. The quantitative estimate of drug-likeness (QED) is 0.408. The summed E-state index contributed by atoms with van der Waals surface area (Å²) in [5, 5.41) is 0. The van der Waals surface area contributed by atoms with Gasteiger partial charge in [-0.15, -0.1) is 6.58 Å². The highest BCUT2D eigenvalue weighted by atomic mass is 79.9. The third-order valence-corrected chi connectivity index (χ3v) is 4.03. The molecule has 0 aliphatic carbocycles. The molecule has 7 heteroatoms. The van der Waals surface area contributed by atoms with Gasteiger partial charge in [0.15, 0.2) is 21.7 Å². The van der Waals surface area contributed by atoms with E-state index in [1.165, 1.54) is 6.33 Å². The van der Waals surface area contributed by atoms with Crippen LogP contribution in [0.1, 0.15) is 11.6 Å². The van der Waals surface area contributed by atoms with E-state index in [1.54, 1.807) is 6.08 Å². The Hall–Kier alpha value is -2.25. The van der Waals surface area contributed by atoms with E-state index in [4.69, 9.17) is 10.5 Å². The fraction of sp³-hybridized carbons (Fsp3) is 0.188. The molecule has 2 heterocycles. The molecular weight excluding hydrogens is 358 g/mol. The molecule has 2 N–H and O–H groups in total. The molecule has 0 fully saturated rings. The lowest BCUT2D eigenvalue weighted by molar-refractivity contribution is 0.138. The van der Waals surface area contributed by atoms with Crippen LogP contribution in [0.25, 0.3) is 11.2 Å². The monoisotopic (exact) mass is 373 g/mol. The van der Waals surface area contributed by atoms with Gasteiger partial charge in [0.05, 0.1) is 19.3 Å². The maximum atomic E-state index is 5.91. The molecule has 3 aromatic rings. The van der Waals surface area contributed by atoms with E-state index in [2.05, 4.69) is 37.5 Å². The van der Waals surface area contributed by atoms with Crippen molar-refractivity contribution in [2.75, 3.05) is 18.9 Å². The average molecular weight is 374 g/mol. The molecular formula is C16H16BrN5O. The van der Waals surface area contributed by atoms with Crippen molar-refractivity contribution in [2.24, 2.45) is 0 Å². The number of nitrogen functional groups attached to an aromatic ring is 1. The van der Waals surface area contributed by atoms with Crippen molar-refractivity contribution in [1.82, 2.24) is 19.5 Å². The molecule has 2 aromatic heterocycles. The van der Waals surface area contributed by atoms with Gasteiger partial charge in [-0.25, -0.2) is 15.0 Å². The molecule has 0 saturated carbocycles. The van der Waals surface area contributed by atoms with E-state index in [1.807, 2.05) is 34.9 Å². The summed E-state index contributed by atoms with van der Waals surface area (Å²) in [5.41, 5.74) is 8.24. The number of ether oxygens (including phenoxy) is 1. The number of rotatable bonds is 6. The number of nitrogens with zero attached hydrogens (tertiary/aromatic N) is 4. The van der Waals surface area contributed by atoms with Crippen LogP contribution in [0.15, 0.2) is 54.0 Å². The Kier molecular flexibility index (Phi) is 4.68. The summed E-state index contributed by atoms with van der Waals surface area (Å²) in [6.07, 6.45) is 3.16. The molecule has 0 aliphatic rings. The van der Waals surface area contributed by atoms with Crippen molar-refractivity contribution >= 4 is 32.9 Å². The number of benzene rings is 1. The number of fused-ring (bicyclic) bond motifs is 1. The molecule has 1 aromatic carbocycles. The van der Waals surface area contributed by atoms with Crippen LogP contribution in [0.3, 0.4) is 0 Å². The van der Waals surface area contributed by atoms with Crippen molar-refractivity contribution in [3.05, 3.63) is 59.6 Å². The highest BCUT2D eigenvalue weighted by Crippen LogP contribution is 2.29. The number of nitrogens with two attached hydrogens (primary N) is 1. The minimum Gasteiger partial charge on any atom is -0.382 e. The first-order valence-corrected chi connectivity index (χ1v) is 7.89. The SMILES string of the molecule is C=CCOCC(c1ccccc1)n1c(Br)nc2c(N)ncnc21. The molecule has 0 bridgehead atoms. The smallest absolute Gasteiger partial charge is 0.180 e. The summed E-state index contributed by atoms with van der Waals surface area (Å²) < 4.78 is 8.29. The maximum absolute atomic E-state index is 5.91. The van der Waals surface area contributed by atoms with Crippen LogP contribution in [0.4, 0.5) is 5.82 Å². The fourth-order valence-corrected chi connectivity index (χ4v) is 3.03. The van der Waals surface area contributed by atoms with Gasteiger partial charge in [-0.05, 0) is 21.5 Å². The predicted octanol–water partition coefficient (Wildman–Crippen LogP) is 2.96. The Bertz CT molecular complexity index is 818. The molecule has 0 amide bonds. The highest BCUT2D eigenvalue weighted by molar-refractivity contribution is 9.10. The fourth-order valence-electron chi connectivity index (χ4n) is 2.43. The van der Waals surface area contributed by atoms with Gasteiger partial charge in [0.2, 0.25) is 0 Å². The van der Waals surface area contributed by atoms with E-state index in [0.29, 0.717) is 34.9 Å². The molecule has 0 aliphatic heterocycles. The molecule has 0 spiro atoms. The van der Waals surface area contributed by atoms with Gasteiger partial charge in [-0.2, -0.15) is 0 Å². The van der Waals surface area contributed by atoms with Gasteiger partial charge in [0.1, 0.15) is 6.33 Å². The summed E-state index contributed by atoms with van der Waals surface area (Å²) in [4.78, 5) is 12.8. The van der Waals surface area contributed by atoms with E-state index in [-0.39, 0.29) is 6.04 Å². The summed E-state index contributed by atoms with van der Waals surface area (Å²) >= 11 is 3.50. The summed E-state index contributed by atoms with van der Waals surface area (Å²) in [6.45, 7) is 4.62. The van der Waals surface area contributed by atoms with Crippen LogP contribution in [-0.2, 0) is 4.74 Å². The molecule has 3 rings (SSSR count). The number of halogens is 1. The number of aromatic nitrogens is 4. The van der Waals surface area contributed by atoms with Crippen LogP contribution in [-0.4, -0.2) is 32.7 Å². The van der Waals surface area contributed by atoms with Crippen molar-refractivity contribution in [2.45, 2.75) is 6.04 Å². The van der Waals surface area contributed by atoms with Crippen LogP contribution in [0.5, 0.6) is 0 Å². The van der Waals surface area contributed by atoms with Gasteiger partial charge < -0.3 is 10.5 Å². The van der Waals surface area contributed by atoms with Crippen LogP contribution >= 0.6 is 15.9 Å². The number of imidazole rings is 1. The lowest BCUT2D eigenvalue weighted by Crippen LogP contribution is -2.18. The van der Waals surface area contributed by atoms with E-state index < -0.39 is 0 Å². The van der Waals surface area contributed by atoms with Gasteiger partial charge in [0, 0.05) is 0 Å². The summed E-state index contributed by atoms with van der Waals surface area (Å²) in [7, 11) is 0. The van der Waals surface area contributed by atoms with Gasteiger partial charge in [-0.1, -0.05) is 36.4 Å². The number of hydrogen-bond donors (Lipinski definition) is 1. The van der Waals surface area contributed by atoms with Crippen LogP contribution < -0.4 is 5.73 Å². The normalized spacial score (nSPS) is 12.4. The molecule has 118 valence electrons. The largest absolute Gasteiger partial charge is 0.382 e. The maximum Gasteiger partial charge on any atom is 0.180 e. The second-order valence-corrected chi connectivity index (χ2v) is 5.64. The Morgan fingerprint density at radius 3 is 2.83 bits per heavy atom. The van der Waals surface area contributed by atoms with Gasteiger partial charge in [-0.3, -0.25) is 4.57 Å². The summed E-state index contributed by atoms with van der Waals surface area (Å²) in [6, 6.07) is 9.96.